The molecule has 0 aromatic heterocycles. The second kappa shape index (κ2) is 7.82. The zero-order valence-electron chi connectivity index (χ0n) is 12.1. The highest BCUT2D eigenvalue weighted by Crippen LogP contribution is 2.20. The molecule has 0 aliphatic heterocycles. The summed E-state index contributed by atoms with van der Waals surface area (Å²) in [5, 5.41) is 16.9. The van der Waals surface area contributed by atoms with E-state index in [1.165, 1.54) is 6.21 Å². The third kappa shape index (κ3) is 5.02. The lowest BCUT2D eigenvalue weighted by Gasteiger charge is -2.09. The number of nitrogens with zero attached hydrogens (tertiary/aromatic N) is 3. The molecule has 0 fully saturated rings. The molecule has 0 heterocycles. The lowest BCUT2D eigenvalue weighted by atomic mass is 10.1. The van der Waals surface area contributed by atoms with Crippen LogP contribution in [0.4, 0.5) is 0 Å². The van der Waals surface area contributed by atoms with Crippen molar-refractivity contribution in [2.24, 2.45) is 21.7 Å². The first-order valence-electron chi connectivity index (χ1n) is 6.62. The normalized spacial score (nSPS) is 10.3. The molecule has 0 aliphatic rings. The van der Waals surface area contributed by atoms with Gasteiger partial charge in [0, 0.05) is 10.6 Å². The Morgan fingerprint density at radius 2 is 1.96 bits per heavy atom. The molecule has 0 saturated heterocycles. The standard InChI is InChI=1S/C16H14ClN5O/c17-14-4-1-11(2-5-14)10-23-15-6-3-12(8-18)7-13(15)9-21-22-16(19)20/h1-7,9H,10H2,(H4,19,20,22)/b21-9+. The summed E-state index contributed by atoms with van der Waals surface area (Å²) in [6, 6.07) is 14.4. The van der Waals surface area contributed by atoms with Crippen LogP contribution in [0.1, 0.15) is 16.7 Å². The zero-order valence-corrected chi connectivity index (χ0v) is 12.9. The molecule has 0 amide bonds. The van der Waals surface area contributed by atoms with Crippen LogP contribution in [-0.4, -0.2) is 12.2 Å². The van der Waals surface area contributed by atoms with Gasteiger partial charge in [0.1, 0.15) is 12.4 Å². The van der Waals surface area contributed by atoms with Crippen molar-refractivity contribution >= 4 is 23.8 Å². The first kappa shape index (κ1) is 16.3. The highest BCUT2D eigenvalue weighted by atomic mass is 35.5. The molecule has 2 rings (SSSR count). The number of hydrogen-bond donors (Lipinski definition) is 2. The fourth-order valence-corrected chi connectivity index (χ4v) is 1.88. The molecule has 6 nitrogen and oxygen atoms in total. The number of nitriles is 1. The van der Waals surface area contributed by atoms with Crippen molar-refractivity contribution in [2.75, 3.05) is 0 Å². The molecule has 0 saturated carbocycles. The quantitative estimate of drug-likeness (QED) is 0.499. The first-order chi connectivity index (χ1) is 11.1. The van der Waals surface area contributed by atoms with Crippen LogP contribution in [0.5, 0.6) is 5.75 Å². The molecule has 0 atom stereocenters. The van der Waals surface area contributed by atoms with Gasteiger partial charge in [-0.05, 0) is 35.9 Å². The molecule has 0 bridgehead atoms. The first-order valence-corrected chi connectivity index (χ1v) is 6.99. The van der Waals surface area contributed by atoms with Gasteiger partial charge in [0.2, 0.25) is 5.96 Å². The van der Waals surface area contributed by atoms with Gasteiger partial charge in [0.15, 0.2) is 0 Å². The maximum atomic E-state index is 8.99. The SMILES string of the molecule is N#Cc1ccc(OCc2ccc(Cl)cc2)c(/C=N/N=C(N)N)c1. The van der Waals surface area contributed by atoms with Gasteiger partial charge < -0.3 is 16.2 Å². The summed E-state index contributed by atoms with van der Waals surface area (Å²) >= 11 is 5.85. The van der Waals surface area contributed by atoms with Crippen molar-refractivity contribution in [1.29, 1.82) is 5.26 Å². The van der Waals surface area contributed by atoms with E-state index in [-0.39, 0.29) is 5.96 Å². The number of guanidine groups is 1. The van der Waals surface area contributed by atoms with Crippen molar-refractivity contribution in [2.45, 2.75) is 6.61 Å². The van der Waals surface area contributed by atoms with Crippen LogP contribution in [0, 0.1) is 11.3 Å². The fraction of sp³-hybridized carbons (Fsp3) is 0.0625. The average molecular weight is 328 g/mol. The molecule has 4 N–H and O–H groups in total. The van der Waals surface area contributed by atoms with Crippen molar-refractivity contribution in [3.8, 4) is 11.8 Å². The predicted octanol–water partition coefficient (Wildman–Crippen LogP) is 2.40. The Bertz CT molecular complexity index is 774. The fourth-order valence-electron chi connectivity index (χ4n) is 1.75. The average Bonchev–Trinajstić information content (AvgIpc) is 2.54. The summed E-state index contributed by atoms with van der Waals surface area (Å²) in [5.41, 5.74) is 12.5. The van der Waals surface area contributed by atoms with E-state index in [0.29, 0.717) is 28.5 Å². The molecule has 0 unspecified atom stereocenters. The Labute approximate surface area is 138 Å². The zero-order chi connectivity index (χ0) is 16.7. The largest absolute Gasteiger partial charge is 0.488 e. The summed E-state index contributed by atoms with van der Waals surface area (Å²) in [7, 11) is 0. The van der Waals surface area contributed by atoms with Gasteiger partial charge in [-0.1, -0.05) is 23.7 Å². The molecule has 0 aliphatic carbocycles. The van der Waals surface area contributed by atoms with Crippen molar-refractivity contribution in [1.82, 2.24) is 0 Å². The highest BCUT2D eigenvalue weighted by molar-refractivity contribution is 6.30. The molecule has 116 valence electrons. The van der Waals surface area contributed by atoms with E-state index in [4.69, 9.17) is 33.1 Å². The van der Waals surface area contributed by atoms with Gasteiger partial charge in [-0.3, -0.25) is 0 Å². The molecule has 2 aromatic rings. The van der Waals surface area contributed by atoms with Crippen molar-refractivity contribution in [3.05, 3.63) is 64.2 Å². The lowest BCUT2D eigenvalue weighted by molar-refractivity contribution is 0.306. The van der Waals surface area contributed by atoms with Crippen molar-refractivity contribution < 1.29 is 4.74 Å². The van der Waals surface area contributed by atoms with Crippen LogP contribution < -0.4 is 16.2 Å². The topological polar surface area (TPSA) is 110 Å². The van der Waals surface area contributed by atoms with Gasteiger partial charge in [0.05, 0.1) is 17.8 Å². The number of nitrogens with two attached hydrogens (primary N) is 2. The second-order valence-electron chi connectivity index (χ2n) is 4.55. The Balaban J connectivity index is 2.19. The number of benzene rings is 2. The molecule has 23 heavy (non-hydrogen) atoms. The smallest absolute Gasteiger partial charge is 0.211 e. The number of hydrogen-bond acceptors (Lipinski definition) is 4. The van der Waals surface area contributed by atoms with Crippen LogP contribution >= 0.6 is 11.6 Å². The minimum absolute atomic E-state index is 0.152. The maximum absolute atomic E-state index is 8.99. The van der Waals surface area contributed by atoms with Crippen LogP contribution in [0.2, 0.25) is 5.02 Å². The molecule has 7 heteroatoms. The van der Waals surface area contributed by atoms with Gasteiger partial charge >= 0.3 is 0 Å². The predicted molar refractivity (Wildman–Crippen MR) is 90.3 cm³/mol. The van der Waals surface area contributed by atoms with Gasteiger partial charge in [-0.25, -0.2) is 0 Å². The van der Waals surface area contributed by atoms with E-state index >= 15 is 0 Å². The Hall–Kier alpha value is -3.04. The van der Waals surface area contributed by atoms with E-state index < -0.39 is 0 Å². The third-order valence-corrected chi connectivity index (χ3v) is 3.07. The number of halogens is 1. The van der Waals surface area contributed by atoms with E-state index in [0.717, 1.165) is 5.56 Å². The molecular formula is C16H14ClN5O. The van der Waals surface area contributed by atoms with Crippen LogP contribution in [0.15, 0.2) is 52.7 Å². The van der Waals surface area contributed by atoms with E-state index in [1.807, 2.05) is 12.1 Å². The molecular weight excluding hydrogens is 314 g/mol. The highest BCUT2D eigenvalue weighted by Gasteiger charge is 2.04. The van der Waals surface area contributed by atoms with Gasteiger partial charge in [0.25, 0.3) is 0 Å². The second-order valence-corrected chi connectivity index (χ2v) is 4.99. The summed E-state index contributed by atoms with van der Waals surface area (Å²) < 4.78 is 5.77. The molecule has 2 aromatic carbocycles. The van der Waals surface area contributed by atoms with Gasteiger partial charge in [-0.2, -0.15) is 10.4 Å². The maximum Gasteiger partial charge on any atom is 0.211 e. The van der Waals surface area contributed by atoms with E-state index in [2.05, 4.69) is 16.3 Å². The summed E-state index contributed by atoms with van der Waals surface area (Å²) in [6.07, 6.45) is 1.43. The van der Waals surface area contributed by atoms with Crippen LogP contribution in [0.25, 0.3) is 0 Å². The van der Waals surface area contributed by atoms with Crippen LogP contribution in [0.3, 0.4) is 0 Å². The summed E-state index contributed by atoms with van der Waals surface area (Å²) in [6.45, 7) is 0.353. The molecule has 0 spiro atoms. The van der Waals surface area contributed by atoms with E-state index in [1.54, 1.807) is 30.3 Å². The van der Waals surface area contributed by atoms with Crippen LogP contribution in [-0.2, 0) is 6.61 Å². The Morgan fingerprint density at radius 3 is 2.61 bits per heavy atom. The van der Waals surface area contributed by atoms with Gasteiger partial charge in [-0.15, -0.1) is 5.10 Å². The Kier molecular flexibility index (Phi) is 5.56. The minimum atomic E-state index is -0.152. The Morgan fingerprint density at radius 1 is 1.22 bits per heavy atom. The number of ether oxygens (including phenoxy) is 1. The lowest BCUT2D eigenvalue weighted by Crippen LogP contribution is -2.21. The van der Waals surface area contributed by atoms with E-state index in [9.17, 15) is 0 Å². The third-order valence-electron chi connectivity index (χ3n) is 2.82. The monoisotopic (exact) mass is 327 g/mol. The van der Waals surface area contributed by atoms with Crippen molar-refractivity contribution in [3.63, 3.8) is 0 Å². The molecule has 0 radical (unpaired) electrons. The summed E-state index contributed by atoms with van der Waals surface area (Å²) in [4.78, 5) is 0. The number of rotatable bonds is 5. The minimum Gasteiger partial charge on any atom is -0.488 e. The summed E-state index contributed by atoms with van der Waals surface area (Å²) in [5.74, 6) is 0.412.